The lowest BCUT2D eigenvalue weighted by molar-refractivity contribution is 0.00567. The van der Waals surface area contributed by atoms with Crippen molar-refractivity contribution >= 4 is 39.2 Å². The predicted octanol–water partition coefficient (Wildman–Crippen LogP) is 3.24. The Morgan fingerprint density at radius 2 is 1.83 bits per heavy atom. The number of thiazole rings is 1. The minimum Gasteiger partial charge on any atom is -0.473 e. The Bertz CT molecular complexity index is 924. The molecule has 0 spiro atoms. The number of carbonyl (C=O) groups excluding carboxylic acids is 2. The van der Waals surface area contributed by atoms with Gasteiger partial charge in [0, 0.05) is 13.1 Å². The highest BCUT2D eigenvalue weighted by molar-refractivity contribution is 7.20. The van der Waals surface area contributed by atoms with Gasteiger partial charge in [0.15, 0.2) is 0 Å². The molecule has 3 rings (SSSR count). The van der Waals surface area contributed by atoms with Gasteiger partial charge in [-0.15, -0.1) is 0 Å². The smallest absolute Gasteiger partial charge is 0.410 e. The van der Waals surface area contributed by atoms with Crippen molar-refractivity contribution in [3.63, 3.8) is 0 Å². The third kappa shape index (κ3) is 4.24. The topological polar surface area (TPSA) is 98.0 Å². The number of carbonyl (C=O) groups is 2. The maximum absolute atomic E-state index is 12.7. The lowest BCUT2D eigenvalue weighted by Gasteiger charge is -2.45. The monoisotopic (exact) mass is 420 g/mol. The Morgan fingerprint density at radius 1 is 1.21 bits per heavy atom. The van der Waals surface area contributed by atoms with Crippen LogP contribution in [-0.2, 0) is 4.74 Å². The molecule has 2 heterocycles. The summed E-state index contributed by atoms with van der Waals surface area (Å²) in [6, 6.07) is 3.50. The average molecular weight is 421 g/mol. The fourth-order valence-electron chi connectivity index (χ4n) is 3.70. The van der Waals surface area contributed by atoms with Crippen LogP contribution in [0.15, 0.2) is 12.1 Å². The van der Waals surface area contributed by atoms with Gasteiger partial charge in [0.1, 0.15) is 11.1 Å². The Labute approximate surface area is 174 Å². The molecule has 1 fully saturated rings. The van der Waals surface area contributed by atoms with Gasteiger partial charge in [-0.3, -0.25) is 9.69 Å². The summed E-state index contributed by atoms with van der Waals surface area (Å²) >= 11 is 1.38. The molecule has 0 saturated carbocycles. The number of fused-ring (bicyclic) bond motifs is 1. The number of nitrogens with zero attached hydrogens (tertiary/aromatic N) is 3. The van der Waals surface area contributed by atoms with E-state index in [1.807, 2.05) is 40.7 Å². The number of piperazine rings is 1. The van der Waals surface area contributed by atoms with Crippen molar-refractivity contribution in [2.75, 3.05) is 25.1 Å². The SMILES string of the molecule is COc1nc2c(C(N)=O)ccc(N3CC(C)N(C(=O)OC(C)(C)C)[C@@H](C)C3)c2s1. The number of hydrogen-bond acceptors (Lipinski definition) is 7. The zero-order chi connectivity index (χ0) is 21.5. The average Bonchev–Trinajstić information content (AvgIpc) is 3.02. The van der Waals surface area contributed by atoms with Crippen molar-refractivity contribution in [1.82, 2.24) is 9.88 Å². The zero-order valence-corrected chi connectivity index (χ0v) is 18.5. The van der Waals surface area contributed by atoms with Gasteiger partial charge in [0.05, 0.1) is 35.1 Å². The highest BCUT2D eigenvalue weighted by atomic mass is 32.1. The molecule has 1 aliphatic heterocycles. The third-order valence-electron chi connectivity index (χ3n) is 4.81. The quantitative estimate of drug-likeness (QED) is 0.819. The molecule has 2 aromatic rings. The molecular weight excluding hydrogens is 392 g/mol. The van der Waals surface area contributed by atoms with Crippen LogP contribution in [0, 0.1) is 0 Å². The first-order valence-electron chi connectivity index (χ1n) is 9.55. The van der Waals surface area contributed by atoms with E-state index in [-0.39, 0.29) is 18.2 Å². The van der Waals surface area contributed by atoms with Gasteiger partial charge in [0.2, 0.25) is 0 Å². The van der Waals surface area contributed by atoms with Crippen molar-refractivity contribution in [3.05, 3.63) is 17.7 Å². The maximum Gasteiger partial charge on any atom is 0.410 e. The number of ether oxygens (including phenoxy) is 2. The molecule has 8 nitrogen and oxygen atoms in total. The maximum atomic E-state index is 12.7. The summed E-state index contributed by atoms with van der Waals surface area (Å²) in [5.41, 5.74) is 6.85. The van der Waals surface area contributed by atoms with E-state index in [1.54, 1.807) is 18.1 Å². The van der Waals surface area contributed by atoms with E-state index in [2.05, 4.69) is 9.88 Å². The number of hydrogen-bond donors (Lipinski definition) is 1. The van der Waals surface area contributed by atoms with Gasteiger partial charge in [0.25, 0.3) is 11.1 Å². The van der Waals surface area contributed by atoms with Crippen LogP contribution in [0.25, 0.3) is 10.2 Å². The molecule has 2 N–H and O–H groups in total. The van der Waals surface area contributed by atoms with Crippen molar-refractivity contribution < 1.29 is 19.1 Å². The molecule has 2 atom stereocenters. The molecule has 1 unspecified atom stereocenters. The lowest BCUT2D eigenvalue weighted by Crippen LogP contribution is -2.59. The van der Waals surface area contributed by atoms with Gasteiger partial charge < -0.3 is 20.1 Å². The first kappa shape index (κ1) is 21.2. The summed E-state index contributed by atoms with van der Waals surface area (Å²) in [5.74, 6) is -0.522. The van der Waals surface area contributed by atoms with Gasteiger partial charge in [-0.25, -0.2) is 9.78 Å². The van der Waals surface area contributed by atoms with Crippen LogP contribution < -0.4 is 15.4 Å². The summed E-state index contributed by atoms with van der Waals surface area (Å²) in [6.45, 7) is 10.9. The Balaban J connectivity index is 1.92. The van der Waals surface area contributed by atoms with Gasteiger partial charge >= 0.3 is 6.09 Å². The Kier molecular flexibility index (Phi) is 5.62. The van der Waals surface area contributed by atoms with Crippen LogP contribution in [0.5, 0.6) is 5.19 Å². The Morgan fingerprint density at radius 3 is 2.34 bits per heavy atom. The summed E-state index contributed by atoms with van der Waals surface area (Å²) in [7, 11) is 1.55. The number of aromatic nitrogens is 1. The van der Waals surface area contributed by atoms with Crippen molar-refractivity contribution in [2.24, 2.45) is 5.73 Å². The second-order valence-corrected chi connectivity index (χ2v) is 9.31. The molecule has 0 bridgehead atoms. The molecule has 0 radical (unpaired) electrons. The summed E-state index contributed by atoms with van der Waals surface area (Å²) in [4.78, 5) is 32.9. The molecule has 29 heavy (non-hydrogen) atoms. The highest BCUT2D eigenvalue weighted by Crippen LogP contribution is 2.38. The second-order valence-electron chi connectivity index (χ2n) is 8.35. The van der Waals surface area contributed by atoms with Crippen LogP contribution in [0.2, 0.25) is 0 Å². The minimum absolute atomic E-state index is 0.0470. The van der Waals surface area contributed by atoms with E-state index in [4.69, 9.17) is 15.2 Å². The fourth-order valence-corrected chi connectivity index (χ4v) is 4.65. The van der Waals surface area contributed by atoms with Crippen molar-refractivity contribution in [2.45, 2.75) is 52.3 Å². The largest absolute Gasteiger partial charge is 0.473 e. The first-order valence-corrected chi connectivity index (χ1v) is 10.4. The van der Waals surface area contributed by atoms with E-state index < -0.39 is 11.5 Å². The predicted molar refractivity (Wildman–Crippen MR) is 114 cm³/mol. The molecule has 158 valence electrons. The molecule has 2 amide bonds. The molecule has 1 aromatic carbocycles. The van der Waals surface area contributed by atoms with Crippen LogP contribution in [-0.4, -0.2) is 59.8 Å². The fraction of sp³-hybridized carbons (Fsp3) is 0.550. The van der Waals surface area contributed by atoms with E-state index in [9.17, 15) is 9.59 Å². The third-order valence-corrected chi connectivity index (χ3v) is 5.85. The normalized spacial score (nSPS) is 20.1. The summed E-state index contributed by atoms with van der Waals surface area (Å²) < 4.78 is 11.7. The Hall–Kier alpha value is -2.55. The van der Waals surface area contributed by atoms with E-state index in [0.717, 1.165) is 10.4 Å². The summed E-state index contributed by atoms with van der Waals surface area (Å²) in [6.07, 6.45) is -0.300. The van der Waals surface area contributed by atoms with Gasteiger partial charge in [-0.05, 0) is 46.8 Å². The summed E-state index contributed by atoms with van der Waals surface area (Å²) in [5, 5.41) is 0.475. The van der Waals surface area contributed by atoms with Crippen molar-refractivity contribution in [1.29, 1.82) is 0 Å². The number of methoxy groups -OCH3 is 1. The number of rotatable bonds is 3. The number of anilines is 1. The molecular formula is C20H28N4O4S. The zero-order valence-electron chi connectivity index (χ0n) is 17.7. The van der Waals surface area contributed by atoms with Crippen LogP contribution in [0.4, 0.5) is 10.5 Å². The van der Waals surface area contributed by atoms with E-state index in [0.29, 0.717) is 29.4 Å². The molecule has 1 saturated heterocycles. The highest BCUT2D eigenvalue weighted by Gasteiger charge is 2.36. The first-order chi connectivity index (χ1) is 13.5. The van der Waals surface area contributed by atoms with Gasteiger partial charge in [-0.2, -0.15) is 0 Å². The van der Waals surface area contributed by atoms with Crippen LogP contribution in [0.3, 0.4) is 0 Å². The van der Waals surface area contributed by atoms with E-state index >= 15 is 0 Å². The van der Waals surface area contributed by atoms with Crippen LogP contribution in [0.1, 0.15) is 45.0 Å². The molecule has 1 aromatic heterocycles. The number of amides is 2. The van der Waals surface area contributed by atoms with E-state index in [1.165, 1.54) is 11.3 Å². The molecule has 9 heteroatoms. The standard InChI is InChI=1S/C20H28N4O4S/c1-11-9-23(10-12(2)24(11)19(26)28-20(3,4)5)14-8-7-13(17(21)25)15-16(14)29-18(22-15)27-6/h7-8,11-12H,9-10H2,1-6H3,(H2,21,25)/t11-,12?/m0/s1. The van der Waals surface area contributed by atoms with Crippen molar-refractivity contribution in [3.8, 4) is 5.19 Å². The number of benzene rings is 1. The minimum atomic E-state index is -0.538. The number of primary amides is 1. The lowest BCUT2D eigenvalue weighted by atomic mass is 10.1. The molecule has 0 aliphatic carbocycles. The van der Waals surface area contributed by atoms with Gasteiger partial charge in [-0.1, -0.05) is 11.3 Å². The second kappa shape index (κ2) is 7.70. The molecule has 1 aliphatic rings. The number of nitrogens with two attached hydrogens (primary N) is 1. The van der Waals surface area contributed by atoms with Crippen LogP contribution >= 0.6 is 11.3 Å².